The molecule has 1 saturated heterocycles. The van der Waals surface area contributed by atoms with Crippen LogP contribution in [0.3, 0.4) is 0 Å². The molecule has 0 spiro atoms. The fraction of sp³-hybridized carbons (Fsp3) is 0.538. The minimum absolute atomic E-state index is 0.358. The quantitative estimate of drug-likeness (QED) is 0.716. The molecule has 1 nitrogen and oxygen atoms in total. The lowest BCUT2D eigenvalue weighted by Crippen LogP contribution is -2.25. The standard InChI is InChI=1S/C13H19N/c1-10-6-11(2)8-12(7-10)13(3)4-5-14-9-13/h6-8,14H,4-5,9H2,1-3H3. The Bertz CT molecular complexity index is 315. The molecule has 1 aromatic rings. The van der Waals surface area contributed by atoms with Crippen LogP contribution in [0.2, 0.25) is 0 Å². The summed E-state index contributed by atoms with van der Waals surface area (Å²) in [4.78, 5) is 0. The van der Waals surface area contributed by atoms with Crippen LogP contribution in [0, 0.1) is 13.8 Å². The molecule has 1 unspecified atom stereocenters. The second-order valence-corrected chi connectivity index (χ2v) is 4.86. The summed E-state index contributed by atoms with van der Waals surface area (Å²) in [5, 5.41) is 3.45. The van der Waals surface area contributed by atoms with Gasteiger partial charge in [0.05, 0.1) is 0 Å². The third-order valence-corrected chi connectivity index (χ3v) is 3.29. The summed E-state index contributed by atoms with van der Waals surface area (Å²) in [7, 11) is 0. The predicted molar refractivity (Wildman–Crippen MR) is 60.8 cm³/mol. The van der Waals surface area contributed by atoms with Crippen LogP contribution in [0.15, 0.2) is 18.2 Å². The highest BCUT2D eigenvalue weighted by Crippen LogP contribution is 2.31. The molecule has 0 saturated carbocycles. The minimum atomic E-state index is 0.358. The number of rotatable bonds is 1. The zero-order valence-electron chi connectivity index (χ0n) is 9.35. The number of nitrogens with one attached hydrogen (secondary N) is 1. The van der Waals surface area contributed by atoms with E-state index in [9.17, 15) is 0 Å². The lowest BCUT2D eigenvalue weighted by molar-refractivity contribution is 0.524. The van der Waals surface area contributed by atoms with Crippen molar-refractivity contribution in [3.8, 4) is 0 Å². The lowest BCUT2D eigenvalue weighted by Gasteiger charge is -2.24. The van der Waals surface area contributed by atoms with E-state index in [2.05, 4.69) is 44.3 Å². The van der Waals surface area contributed by atoms with E-state index in [0.717, 1.165) is 13.1 Å². The molecule has 76 valence electrons. The predicted octanol–water partition coefficient (Wildman–Crippen LogP) is 2.55. The van der Waals surface area contributed by atoms with Crippen LogP contribution in [-0.4, -0.2) is 13.1 Å². The molecular formula is C13H19N. The molecule has 1 aliphatic rings. The van der Waals surface area contributed by atoms with Gasteiger partial charge in [0.25, 0.3) is 0 Å². The maximum atomic E-state index is 3.45. The molecule has 2 rings (SSSR count). The van der Waals surface area contributed by atoms with Crippen molar-refractivity contribution < 1.29 is 0 Å². The first kappa shape index (κ1) is 9.72. The second-order valence-electron chi connectivity index (χ2n) is 4.86. The molecule has 0 aliphatic carbocycles. The summed E-state index contributed by atoms with van der Waals surface area (Å²) in [6.07, 6.45) is 1.26. The van der Waals surface area contributed by atoms with Gasteiger partial charge in [-0.1, -0.05) is 36.2 Å². The number of hydrogen-bond acceptors (Lipinski definition) is 1. The fourth-order valence-corrected chi connectivity index (χ4v) is 2.39. The van der Waals surface area contributed by atoms with Crippen LogP contribution in [0.1, 0.15) is 30.0 Å². The van der Waals surface area contributed by atoms with Crippen molar-refractivity contribution in [3.63, 3.8) is 0 Å². The minimum Gasteiger partial charge on any atom is -0.316 e. The maximum absolute atomic E-state index is 3.45. The van der Waals surface area contributed by atoms with Gasteiger partial charge in [0, 0.05) is 12.0 Å². The first-order valence-corrected chi connectivity index (χ1v) is 5.40. The number of benzene rings is 1. The molecule has 0 bridgehead atoms. The normalized spacial score (nSPS) is 26.8. The van der Waals surface area contributed by atoms with Crippen molar-refractivity contribution in [2.45, 2.75) is 32.6 Å². The average Bonchev–Trinajstić information content (AvgIpc) is 2.52. The number of hydrogen-bond donors (Lipinski definition) is 1. The van der Waals surface area contributed by atoms with Gasteiger partial charge in [-0.2, -0.15) is 0 Å². The van der Waals surface area contributed by atoms with E-state index in [1.165, 1.54) is 23.1 Å². The summed E-state index contributed by atoms with van der Waals surface area (Å²) in [5.41, 5.74) is 4.62. The van der Waals surface area contributed by atoms with Crippen LogP contribution in [-0.2, 0) is 5.41 Å². The Morgan fingerprint density at radius 1 is 1.14 bits per heavy atom. The van der Waals surface area contributed by atoms with E-state index in [4.69, 9.17) is 0 Å². The van der Waals surface area contributed by atoms with Crippen LogP contribution in [0.25, 0.3) is 0 Å². The zero-order chi connectivity index (χ0) is 10.2. The molecule has 1 heterocycles. The highest BCUT2D eigenvalue weighted by molar-refractivity contribution is 5.34. The third kappa shape index (κ3) is 1.69. The molecule has 1 heteroatoms. The highest BCUT2D eigenvalue weighted by Gasteiger charge is 2.30. The molecule has 14 heavy (non-hydrogen) atoms. The van der Waals surface area contributed by atoms with Gasteiger partial charge in [-0.25, -0.2) is 0 Å². The Hall–Kier alpha value is -0.820. The third-order valence-electron chi connectivity index (χ3n) is 3.29. The summed E-state index contributed by atoms with van der Waals surface area (Å²) in [6.45, 7) is 9.01. The molecule has 1 N–H and O–H groups in total. The van der Waals surface area contributed by atoms with Crippen molar-refractivity contribution >= 4 is 0 Å². The molecule has 1 fully saturated rings. The average molecular weight is 189 g/mol. The molecular weight excluding hydrogens is 170 g/mol. The van der Waals surface area contributed by atoms with E-state index in [-0.39, 0.29) is 0 Å². The SMILES string of the molecule is Cc1cc(C)cc(C2(C)CCNC2)c1. The van der Waals surface area contributed by atoms with E-state index < -0.39 is 0 Å². The van der Waals surface area contributed by atoms with Gasteiger partial charge in [-0.05, 0) is 32.4 Å². The molecule has 0 radical (unpaired) electrons. The van der Waals surface area contributed by atoms with Gasteiger partial charge >= 0.3 is 0 Å². The van der Waals surface area contributed by atoms with Gasteiger partial charge in [0.2, 0.25) is 0 Å². The first-order valence-electron chi connectivity index (χ1n) is 5.40. The van der Waals surface area contributed by atoms with Crippen molar-refractivity contribution in [1.29, 1.82) is 0 Å². The summed E-state index contributed by atoms with van der Waals surface area (Å²) < 4.78 is 0. The van der Waals surface area contributed by atoms with Crippen molar-refractivity contribution in [1.82, 2.24) is 5.32 Å². The summed E-state index contributed by atoms with van der Waals surface area (Å²) in [6, 6.07) is 6.91. The smallest absolute Gasteiger partial charge is 0.00617 e. The summed E-state index contributed by atoms with van der Waals surface area (Å²) in [5.74, 6) is 0. The Balaban J connectivity index is 2.40. The first-order chi connectivity index (χ1) is 6.60. The van der Waals surface area contributed by atoms with Gasteiger partial charge in [-0.15, -0.1) is 0 Å². The largest absolute Gasteiger partial charge is 0.316 e. The van der Waals surface area contributed by atoms with Crippen molar-refractivity contribution in [3.05, 3.63) is 34.9 Å². The Morgan fingerprint density at radius 3 is 2.29 bits per heavy atom. The van der Waals surface area contributed by atoms with E-state index in [0.29, 0.717) is 5.41 Å². The summed E-state index contributed by atoms with van der Waals surface area (Å²) >= 11 is 0. The Kier molecular flexibility index (Phi) is 2.36. The molecule has 0 amide bonds. The van der Waals surface area contributed by atoms with Gasteiger partial charge in [0.15, 0.2) is 0 Å². The van der Waals surface area contributed by atoms with Crippen molar-refractivity contribution in [2.75, 3.05) is 13.1 Å². The molecule has 1 aliphatic heterocycles. The van der Waals surface area contributed by atoms with E-state index in [1.807, 2.05) is 0 Å². The molecule has 0 aromatic heterocycles. The monoisotopic (exact) mass is 189 g/mol. The molecule has 1 aromatic carbocycles. The van der Waals surface area contributed by atoms with Crippen LogP contribution < -0.4 is 5.32 Å². The van der Waals surface area contributed by atoms with Gasteiger partial charge < -0.3 is 5.32 Å². The second kappa shape index (κ2) is 3.39. The fourth-order valence-electron chi connectivity index (χ4n) is 2.39. The Morgan fingerprint density at radius 2 is 1.79 bits per heavy atom. The highest BCUT2D eigenvalue weighted by atomic mass is 14.9. The number of aryl methyl sites for hydroxylation is 2. The van der Waals surface area contributed by atoms with E-state index in [1.54, 1.807) is 0 Å². The maximum Gasteiger partial charge on any atom is 0.00617 e. The zero-order valence-corrected chi connectivity index (χ0v) is 9.35. The van der Waals surface area contributed by atoms with Gasteiger partial charge in [0.1, 0.15) is 0 Å². The van der Waals surface area contributed by atoms with Crippen LogP contribution in [0.5, 0.6) is 0 Å². The lowest BCUT2D eigenvalue weighted by atomic mass is 9.80. The molecule has 1 atom stereocenters. The van der Waals surface area contributed by atoms with Gasteiger partial charge in [-0.3, -0.25) is 0 Å². The van der Waals surface area contributed by atoms with Crippen LogP contribution in [0.4, 0.5) is 0 Å². The van der Waals surface area contributed by atoms with Crippen LogP contribution >= 0.6 is 0 Å². The Labute approximate surface area is 86.5 Å². The van der Waals surface area contributed by atoms with Crippen molar-refractivity contribution in [2.24, 2.45) is 0 Å². The van der Waals surface area contributed by atoms with E-state index >= 15 is 0 Å². The topological polar surface area (TPSA) is 12.0 Å².